The molecule has 1 heterocycles. The van der Waals surface area contributed by atoms with Gasteiger partial charge >= 0.3 is 0 Å². The Balaban J connectivity index is 2.38. The summed E-state index contributed by atoms with van der Waals surface area (Å²) in [5.41, 5.74) is 6.03. The first-order valence-corrected chi connectivity index (χ1v) is 5.18. The summed E-state index contributed by atoms with van der Waals surface area (Å²) in [6.45, 7) is 3.11. The van der Waals surface area contributed by atoms with E-state index in [1.165, 1.54) is 0 Å². The third-order valence-electron chi connectivity index (χ3n) is 2.34. The molecule has 1 aromatic rings. The van der Waals surface area contributed by atoms with Crippen LogP contribution in [0.3, 0.4) is 0 Å². The molecule has 1 rings (SSSR count). The normalized spacial score (nSPS) is 12.4. The molecule has 0 spiro atoms. The SMILES string of the molecule is CCC(CCO)CNc1ncc(N)cn1. The highest BCUT2D eigenvalue weighted by Crippen LogP contribution is 2.08. The summed E-state index contributed by atoms with van der Waals surface area (Å²) in [7, 11) is 0. The lowest BCUT2D eigenvalue weighted by Gasteiger charge is -2.13. The Labute approximate surface area is 89.7 Å². The molecule has 5 heteroatoms. The highest BCUT2D eigenvalue weighted by molar-refractivity contribution is 5.35. The first-order valence-electron chi connectivity index (χ1n) is 5.18. The van der Waals surface area contributed by atoms with Gasteiger partial charge in [-0.05, 0) is 12.3 Å². The molecular formula is C10H18N4O. The number of aliphatic hydroxyl groups is 1. The average Bonchev–Trinajstić information content (AvgIpc) is 2.26. The van der Waals surface area contributed by atoms with Gasteiger partial charge in [0.15, 0.2) is 0 Å². The van der Waals surface area contributed by atoms with E-state index in [-0.39, 0.29) is 6.61 Å². The second-order valence-electron chi connectivity index (χ2n) is 3.51. The van der Waals surface area contributed by atoms with Gasteiger partial charge in [0.05, 0.1) is 18.1 Å². The molecule has 0 aromatic carbocycles. The van der Waals surface area contributed by atoms with Crippen molar-refractivity contribution in [1.82, 2.24) is 9.97 Å². The van der Waals surface area contributed by atoms with E-state index in [4.69, 9.17) is 10.8 Å². The minimum absolute atomic E-state index is 0.225. The molecule has 5 nitrogen and oxygen atoms in total. The van der Waals surface area contributed by atoms with Crippen molar-refractivity contribution in [2.75, 3.05) is 24.2 Å². The van der Waals surface area contributed by atoms with Crippen LogP contribution in [0.2, 0.25) is 0 Å². The minimum Gasteiger partial charge on any atom is -0.396 e. The predicted octanol–water partition coefficient (Wildman–Crippen LogP) is 0.879. The van der Waals surface area contributed by atoms with Gasteiger partial charge in [-0.15, -0.1) is 0 Å². The number of aromatic nitrogens is 2. The number of hydrogen-bond donors (Lipinski definition) is 3. The Morgan fingerprint density at radius 2 is 2.13 bits per heavy atom. The molecule has 1 aromatic heterocycles. The molecule has 0 saturated carbocycles. The van der Waals surface area contributed by atoms with Gasteiger partial charge in [0, 0.05) is 13.2 Å². The molecule has 0 fully saturated rings. The maximum absolute atomic E-state index is 8.83. The Bertz CT molecular complexity index is 275. The Hall–Kier alpha value is -1.36. The van der Waals surface area contributed by atoms with Gasteiger partial charge in [0.1, 0.15) is 0 Å². The molecule has 0 amide bonds. The van der Waals surface area contributed by atoms with Crippen LogP contribution in [-0.2, 0) is 0 Å². The van der Waals surface area contributed by atoms with Crippen LogP contribution >= 0.6 is 0 Å². The fraction of sp³-hybridized carbons (Fsp3) is 0.600. The first kappa shape index (κ1) is 11.7. The van der Waals surface area contributed by atoms with Crippen LogP contribution < -0.4 is 11.1 Å². The van der Waals surface area contributed by atoms with Gasteiger partial charge in [0.2, 0.25) is 5.95 Å². The van der Waals surface area contributed by atoms with Crippen LogP contribution in [0, 0.1) is 5.92 Å². The number of nitrogen functional groups attached to an aromatic ring is 1. The highest BCUT2D eigenvalue weighted by Gasteiger charge is 2.05. The zero-order valence-corrected chi connectivity index (χ0v) is 8.98. The van der Waals surface area contributed by atoms with Crippen molar-refractivity contribution in [2.24, 2.45) is 5.92 Å². The molecule has 4 N–H and O–H groups in total. The molecule has 0 aliphatic heterocycles. The van der Waals surface area contributed by atoms with Crippen molar-refractivity contribution in [1.29, 1.82) is 0 Å². The zero-order valence-electron chi connectivity index (χ0n) is 8.98. The van der Waals surface area contributed by atoms with Crippen molar-refractivity contribution in [2.45, 2.75) is 19.8 Å². The fourth-order valence-corrected chi connectivity index (χ4v) is 1.30. The summed E-state index contributed by atoms with van der Waals surface area (Å²) >= 11 is 0. The van der Waals surface area contributed by atoms with Gasteiger partial charge in [-0.25, -0.2) is 9.97 Å². The molecule has 84 valence electrons. The van der Waals surface area contributed by atoms with Crippen LogP contribution in [0.25, 0.3) is 0 Å². The summed E-state index contributed by atoms with van der Waals surface area (Å²) in [6.07, 6.45) is 4.98. The van der Waals surface area contributed by atoms with Crippen molar-refractivity contribution >= 4 is 11.6 Å². The molecule has 15 heavy (non-hydrogen) atoms. The van der Waals surface area contributed by atoms with E-state index in [0.717, 1.165) is 19.4 Å². The maximum Gasteiger partial charge on any atom is 0.222 e. The average molecular weight is 210 g/mol. The summed E-state index contributed by atoms with van der Waals surface area (Å²) < 4.78 is 0. The molecule has 1 unspecified atom stereocenters. The Morgan fingerprint density at radius 1 is 1.47 bits per heavy atom. The van der Waals surface area contributed by atoms with Crippen molar-refractivity contribution in [3.63, 3.8) is 0 Å². The van der Waals surface area contributed by atoms with E-state index in [2.05, 4.69) is 22.2 Å². The van der Waals surface area contributed by atoms with Crippen molar-refractivity contribution in [3.05, 3.63) is 12.4 Å². The number of hydrogen-bond acceptors (Lipinski definition) is 5. The molecule has 0 aliphatic rings. The van der Waals surface area contributed by atoms with Gasteiger partial charge in [0.25, 0.3) is 0 Å². The first-order chi connectivity index (χ1) is 7.26. The molecule has 0 aliphatic carbocycles. The van der Waals surface area contributed by atoms with E-state index in [1.807, 2.05) is 0 Å². The van der Waals surface area contributed by atoms with Gasteiger partial charge < -0.3 is 16.2 Å². The van der Waals surface area contributed by atoms with Crippen LogP contribution in [0.15, 0.2) is 12.4 Å². The monoisotopic (exact) mass is 210 g/mol. The topological polar surface area (TPSA) is 84.1 Å². The summed E-state index contributed by atoms with van der Waals surface area (Å²) in [6, 6.07) is 0. The van der Waals surface area contributed by atoms with Crippen LogP contribution in [0.1, 0.15) is 19.8 Å². The number of nitrogens with one attached hydrogen (secondary N) is 1. The lowest BCUT2D eigenvalue weighted by atomic mass is 10.0. The van der Waals surface area contributed by atoms with Crippen LogP contribution in [0.4, 0.5) is 11.6 Å². The molecule has 1 atom stereocenters. The third kappa shape index (κ3) is 4.12. The zero-order chi connectivity index (χ0) is 11.1. The van der Waals surface area contributed by atoms with Gasteiger partial charge in [-0.1, -0.05) is 13.3 Å². The molecule has 0 bridgehead atoms. The van der Waals surface area contributed by atoms with Crippen LogP contribution in [-0.4, -0.2) is 28.2 Å². The van der Waals surface area contributed by atoms with E-state index >= 15 is 0 Å². The Kier molecular flexibility index (Phi) is 4.83. The lowest BCUT2D eigenvalue weighted by molar-refractivity contribution is 0.258. The third-order valence-corrected chi connectivity index (χ3v) is 2.34. The van der Waals surface area contributed by atoms with Crippen LogP contribution in [0.5, 0.6) is 0 Å². The quantitative estimate of drug-likeness (QED) is 0.649. The smallest absolute Gasteiger partial charge is 0.222 e. The highest BCUT2D eigenvalue weighted by atomic mass is 16.3. The standard InChI is InChI=1S/C10H18N4O/c1-2-8(3-4-15)5-12-10-13-6-9(11)7-14-10/h6-8,15H,2-5,11H2,1H3,(H,12,13,14). The largest absolute Gasteiger partial charge is 0.396 e. The van der Waals surface area contributed by atoms with E-state index in [9.17, 15) is 0 Å². The summed E-state index contributed by atoms with van der Waals surface area (Å²) in [5, 5.41) is 11.9. The van der Waals surface area contributed by atoms with Gasteiger partial charge in [-0.3, -0.25) is 0 Å². The van der Waals surface area contributed by atoms with Gasteiger partial charge in [-0.2, -0.15) is 0 Å². The van der Waals surface area contributed by atoms with E-state index in [0.29, 0.717) is 17.6 Å². The molecule has 0 saturated heterocycles. The maximum atomic E-state index is 8.83. The second-order valence-corrected chi connectivity index (χ2v) is 3.51. The second kappa shape index (κ2) is 6.19. The fourth-order valence-electron chi connectivity index (χ4n) is 1.30. The molecular weight excluding hydrogens is 192 g/mol. The lowest BCUT2D eigenvalue weighted by Crippen LogP contribution is -2.16. The summed E-state index contributed by atoms with van der Waals surface area (Å²) in [5.74, 6) is 1.04. The van der Waals surface area contributed by atoms with E-state index < -0.39 is 0 Å². The summed E-state index contributed by atoms with van der Waals surface area (Å²) in [4.78, 5) is 8.07. The number of anilines is 2. The number of rotatable bonds is 6. The Morgan fingerprint density at radius 3 is 2.67 bits per heavy atom. The van der Waals surface area contributed by atoms with E-state index in [1.54, 1.807) is 12.4 Å². The minimum atomic E-state index is 0.225. The van der Waals surface area contributed by atoms with Crippen molar-refractivity contribution < 1.29 is 5.11 Å². The molecule has 0 radical (unpaired) electrons. The predicted molar refractivity (Wildman–Crippen MR) is 60.4 cm³/mol. The van der Waals surface area contributed by atoms with Crippen molar-refractivity contribution in [3.8, 4) is 0 Å². The number of aliphatic hydroxyl groups excluding tert-OH is 1. The number of nitrogens with two attached hydrogens (primary N) is 1. The number of nitrogens with zero attached hydrogens (tertiary/aromatic N) is 2.